The summed E-state index contributed by atoms with van der Waals surface area (Å²) in [5.74, 6) is 0.290. The molecule has 3 heteroatoms. The maximum Gasteiger partial charge on any atom is 0.334 e. The smallest absolute Gasteiger partial charge is 0.334 e. The van der Waals surface area contributed by atoms with E-state index in [0.717, 1.165) is 22.4 Å². The highest BCUT2D eigenvalue weighted by molar-refractivity contribution is 5.88. The fraction of sp³-hybridized carbons (Fsp3) is 0.125. The van der Waals surface area contributed by atoms with Gasteiger partial charge in [0.2, 0.25) is 0 Å². The molecule has 0 unspecified atom stereocenters. The first-order valence-electron chi connectivity index (χ1n) is 8.72. The van der Waals surface area contributed by atoms with Gasteiger partial charge >= 0.3 is 5.97 Å². The molecule has 3 nitrogen and oxygen atoms in total. The zero-order valence-electron chi connectivity index (χ0n) is 15.5. The van der Waals surface area contributed by atoms with Crippen molar-refractivity contribution in [2.24, 2.45) is 0 Å². The summed E-state index contributed by atoms with van der Waals surface area (Å²) >= 11 is 0. The lowest BCUT2D eigenvalue weighted by atomic mass is 9.80. The summed E-state index contributed by atoms with van der Waals surface area (Å²) in [5, 5.41) is 0. The van der Waals surface area contributed by atoms with E-state index in [2.05, 4.69) is 6.58 Å². The Hall–Kier alpha value is -3.33. The number of carbonyl (C=O) groups is 1. The predicted molar refractivity (Wildman–Crippen MR) is 107 cm³/mol. The molecule has 136 valence electrons. The molecule has 0 aliphatic carbocycles. The van der Waals surface area contributed by atoms with Crippen LogP contribution in [0.25, 0.3) is 0 Å². The van der Waals surface area contributed by atoms with Crippen LogP contribution in [0.15, 0.2) is 97.1 Å². The zero-order valence-corrected chi connectivity index (χ0v) is 15.5. The van der Waals surface area contributed by atoms with Crippen LogP contribution >= 0.6 is 0 Å². The molecule has 0 heterocycles. The van der Waals surface area contributed by atoms with Gasteiger partial charge in [0, 0.05) is 22.3 Å². The summed E-state index contributed by atoms with van der Waals surface area (Å²) in [4.78, 5) is 12.7. The Kier molecular flexibility index (Phi) is 5.41. The Morgan fingerprint density at radius 3 is 1.63 bits per heavy atom. The first-order chi connectivity index (χ1) is 13.1. The summed E-state index contributed by atoms with van der Waals surface area (Å²) in [5.41, 5.74) is 1.80. The largest absolute Gasteiger partial charge is 0.497 e. The maximum atomic E-state index is 12.7. The van der Waals surface area contributed by atoms with Gasteiger partial charge in [-0.3, -0.25) is 0 Å². The molecule has 0 spiro atoms. The van der Waals surface area contributed by atoms with E-state index in [1.165, 1.54) is 0 Å². The van der Waals surface area contributed by atoms with E-state index in [4.69, 9.17) is 9.47 Å². The van der Waals surface area contributed by atoms with Gasteiger partial charge in [-0.05, 0) is 19.1 Å². The molecule has 3 aromatic rings. The molecule has 0 amide bonds. The van der Waals surface area contributed by atoms with Gasteiger partial charge in [-0.1, -0.05) is 79.4 Å². The minimum Gasteiger partial charge on any atom is -0.497 e. The lowest BCUT2D eigenvalue weighted by molar-refractivity contribution is -0.148. The molecule has 0 atom stereocenters. The van der Waals surface area contributed by atoms with Gasteiger partial charge in [0.15, 0.2) is 5.60 Å². The van der Waals surface area contributed by atoms with E-state index in [-0.39, 0.29) is 0 Å². The van der Waals surface area contributed by atoms with Crippen molar-refractivity contribution >= 4 is 5.97 Å². The van der Waals surface area contributed by atoms with Crippen molar-refractivity contribution in [3.05, 3.63) is 114 Å². The Balaban J connectivity index is 2.30. The minimum absolute atomic E-state index is 0.347. The Morgan fingerprint density at radius 1 is 0.778 bits per heavy atom. The van der Waals surface area contributed by atoms with Crippen molar-refractivity contribution in [2.75, 3.05) is 7.11 Å². The van der Waals surface area contributed by atoms with E-state index >= 15 is 0 Å². The normalized spacial score (nSPS) is 10.9. The molecule has 27 heavy (non-hydrogen) atoms. The van der Waals surface area contributed by atoms with E-state index in [1.54, 1.807) is 14.0 Å². The number of carbonyl (C=O) groups excluding carboxylic acids is 1. The molecular formula is C24H22O3. The molecule has 3 aromatic carbocycles. The van der Waals surface area contributed by atoms with Crippen molar-refractivity contribution in [2.45, 2.75) is 12.5 Å². The Bertz CT molecular complexity index is 873. The molecule has 0 fully saturated rings. The van der Waals surface area contributed by atoms with Gasteiger partial charge in [-0.2, -0.15) is 0 Å². The molecule has 0 radical (unpaired) electrons. The predicted octanol–water partition coefficient (Wildman–Crippen LogP) is 5.11. The first kappa shape index (κ1) is 18.5. The fourth-order valence-electron chi connectivity index (χ4n) is 3.07. The standard InChI is InChI=1S/C24H22O3/c1-18(2)23(25)27-24(19-10-6-4-7-11-19,20-12-8-5-9-13-20)21-14-16-22(26-3)17-15-21/h4-17H,1H2,2-3H3. The average molecular weight is 358 g/mol. The fourth-order valence-corrected chi connectivity index (χ4v) is 3.07. The Labute approximate surface area is 159 Å². The van der Waals surface area contributed by atoms with Gasteiger partial charge < -0.3 is 9.47 Å². The SMILES string of the molecule is C=C(C)C(=O)OC(c1ccccc1)(c1ccccc1)c1ccc(OC)cc1. The van der Waals surface area contributed by atoms with Crippen LogP contribution in [-0.2, 0) is 15.1 Å². The highest BCUT2D eigenvalue weighted by Crippen LogP contribution is 2.41. The van der Waals surface area contributed by atoms with Gasteiger partial charge in [0.25, 0.3) is 0 Å². The van der Waals surface area contributed by atoms with Gasteiger partial charge in [0.1, 0.15) is 5.75 Å². The van der Waals surface area contributed by atoms with E-state index in [9.17, 15) is 4.79 Å². The molecule has 0 saturated heterocycles. The zero-order chi connectivity index (χ0) is 19.3. The number of benzene rings is 3. The first-order valence-corrected chi connectivity index (χ1v) is 8.72. The van der Waals surface area contributed by atoms with Crippen molar-refractivity contribution in [3.63, 3.8) is 0 Å². The monoisotopic (exact) mass is 358 g/mol. The molecule has 0 saturated carbocycles. The summed E-state index contributed by atoms with van der Waals surface area (Å²) in [6.07, 6.45) is 0. The van der Waals surface area contributed by atoms with Crippen LogP contribution in [0.3, 0.4) is 0 Å². The van der Waals surface area contributed by atoms with Crippen LogP contribution in [0, 0.1) is 0 Å². The van der Waals surface area contributed by atoms with Crippen molar-refractivity contribution in [1.82, 2.24) is 0 Å². The van der Waals surface area contributed by atoms with E-state index in [1.807, 2.05) is 84.9 Å². The molecule has 0 aliphatic rings. The lowest BCUT2D eigenvalue weighted by Gasteiger charge is -2.35. The highest BCUT2D eigenvalue weighted by Gasteiger charge is 2.40. The van der Waals surface area contributed by atoms with Crippen LogP contribution in [0.5, 0.6) is 5.75 Å². The van der Waals surface area contributed by atoms with Crippen molar-refractivity contribution in [3.8, 4) is 5.75 Å². The van der Waals surface area contributed by atoms with Crippen LogP contribution in [0.2, 0.25) is 0 Å². The third kappa shape index (κ3) is 3.63. The lowest BCUT2D eigenvalue weighted by Crippen LogP contribution is -2.35. The van der Waals surface area contributed by atoms with Gasteiger partial charge in [0.05, 0.1) is 7.11 Å². The minimum atomic E-state index is -1.09. The van der Waals surface area contributed by atoms with Crippen molar-refractivity contribution in [1.29, 1.82) is 0 Å². The molecule has 0 aromatic heterocycles. The van der Waals surface area contributed by atoms with Crippen LogP contribution in [0.4, 0.5) is 0 Å². The number of methoxy groups -OCH3 is 1. The second-order valence-corrected chi connectivity index (χ2v) is 6.31. The van der Waals surface area contributed by atoms with Crippen LogP contribution in [-0.4, -0.2) is 13.1 Å². The van der Waals surface area contributed by atoms with E-state index in [0.29, 0.717) is 5.57 Å². The van der Waals surface area contributed by atoms with Gasteiger partial charge in [-0.25, -0.2) is 4.79 Å². The number of hydrogen-bond donors (Lipinski definition) is 0. The summed E-state index contributed by atoms with van der Waals surface area (Å²) < 4.78 is 11.4. The quantitative estimate of drug-likeness (QED) is 0.349. The van der Waals surface area contributed by atoms with Crippen LogP contribution in [0.1, 0.15) is 23.6 Å². The van der Waals surface area contributed by atoms with E-state index < -0.39 is 11.6 Å². The van der Waals surface area contributed by atoms with Crippen LogP contribution < -0.4 is 4.74 Å². The second kappa shape index (κ2) is 7.92. The van der Waals surface area contributed by atoms with Crippen molar-refractivity contribution < 1.29 is 14.3 Å². The molecule has 3 rings (SSSR count). The second-order valence-electron chi connectivity index (χ2n) is 6.31. The molecule has 0 N–H and O–H groups in total. The topological polar surface area (TPSA) is 35.5 Å². The number of esters is 1. The Morgan fingerprint density at radius 2 is 1.22 bits per heavy atom. The summed E-state index contributed by atoms with van der Waals surface area (Å²) in [7, 11) is 1.62. The summed E-state index contributed by atoms with van der Waals surface area (Å²) in [6.45, 7) is 5.40. The third-order valence-corrected chi connectivity index (χ3v) is 4.45. The third-order valence-electron chi connectivity index (χ3n) is 4.45. The number of hydrogen-bond acceptors (Lipinski definition) is 3. The number of rotatable bonds is 6. The average Bonchev–Trinajstić information content (AvgIpc) is 2.73. The van der Waals surface area contributed by atoms with Gasteiger partial charge in [-0.15, -0.1) is 0 Å². The summed E-state index contributed by atoms with van der Waals surface area (Å²) in [6, 6.07) is 27.0. The maximum absolute atomic E-state index is 12.7. The number of ether oxygens (including phenoxy) is 2. The molecule has 0 aliphatic heterocycles. The molecular weight excluding hydrogens is 336 g/mol. The molecule has 0 bridgehead atoms. The highest BCUT2D eigenvalue weighted by atomic mass is 16.6.